The molecule has 1 saturated heterocycles. The number of methoxy groups -OCH3 is 1. The van der Waals surface area contributed by atoms with Crippen LogP contribution in [-0.4, -0.2) is 38.1 Å². The van der Waals surface area contributed by atoms with Crippen molar-refractivity contribution in [3.8, 4) is 5.75 Å². The van der Waals surface area contributed by atoms with Crippen molar-refractivity contribution in [2.24, 2.45) is 0 Å². The summed E-state index contributed by atoms with van der Waals surface area (Å²) in [5, 5.41) is 0. The van der Waals surface area contributed by atoms with Crippen LogP contribution in [0.4, 0.5) is 0 Å². The van der Waals surface area contributed by atoms with Crippen molar-refractivity contribution >= 4 is 12.6 Å². The third-order valence-corrected chi connectivity index (χ3v) is 4.70. The lowest BCUT2D eigenvalue weighted by atomic mass is 9.78. The van der Waals surface area contributed by atoms with Crippen LogP contribution in [0.1, 0.15) is 33.3 Å². The Bertz CT molecular complexity index is 525. The van der Waals surface area contributed by atoms with Crippen LogP contribution in [0.3, 0.4) is 0 Å². The summed E-state index contributed by atoms with van der Waals surface area (Å²) in [5.41, 5.74) is 1.62. The Morgan fingerprint density at radius 2 is 1.86 bits per heavy atom. The predicted octanol–water partition coefficient (Wildman–Crippen LogP) is 1.94. The van der Waals surface area contributed by atoms with Gasteiger partial charge in [0.25, 0.3) is 0 Å². The maximum Gasteiger partial charge on any atom is 0.494 e. The highest BCUT2D eigenvalue weighted by Crippen LogP contribution is 2.37. The van der Waals surface area contributed by atoms with E-state index in [2.05, 4.69) is 33.8 Å². The molecule has 2 aliphatic heterocycles. The number of hydrogen-bond donors (Lipinski definition) is 0. The van der Waals surface area contributed by atoms with Crippen molar-refractivity contribution in [1.29, 1.82) is 0 Å². The molecular weight excluding hydrogens is 267 g/mol. The van der Waals surface area contributed by atoms with E-state index >= 15 is 0 Å². The van der Waals surface area contributed by atoms with Crippen molar-refractivity contribution in [1.82, 2.24) is 0 Å². The quantitative estimate of drug-likeness (QED) is 0.797. The summed E-state index contributed by atoms with van der Waals surface area (Å²) in [6, 6.07) is 6.16. The Labute approximate surface area is 126 Å². The first-order valence-electron chi connectivity index (χ1n) is 7.46. The number of ether oxygens (including phenoxy) is 2. The summed E-state index contributed by atoms with van der Waals surface area (Å²) in [5.74, 6) is 0.942. The van der Waals surface area contributed by atoms with Crippen LogP contribution >= 0.6 is 0 Å². The SMILES string of the molecule is COCC1Cc2cc(B3OC(C)(C)C(C)(C)O3)ccc2O1. The number of rotatable bonds is 3. The lowest BCUT2D eigenvalue weighted by Crippen LogP contribution is -2.41. The topological polar surface area (TPSA) is 36.9 Å². The molecule has 0 saturated carbocycles. The molecule has 1 atom stereocenters. The van der Waals surface area contributed by atoms with Crippen molar-refractivity contribution < 1.29 is 18.8 Å². The van der Waals surface area contributed by atoms with Crippen LogP contribution < -0.4 is 10.2 Å². The molecule has 0 N–H and O–H groups in total. The van der Waals surface area contributed by atoms with Gasteiger partial charge in [-0.1, -0.05) is 12.1 Å². The Morgan fingerprint density at radius 3 is 2.48 bits per heavy atom. The Hall–Kier alpha value is -1.04. The molecule has 5 heteroatoms. The molecule has 0 aromatic heterocycles. The lowest BCUT2D eigenvalue weighted by molar-refractivity contribution is 0.00578. The van der Waals surface area contributed by atoms with E-state index < -0.39 is 0 Å². The van der Waals surface area contributed by atoms with Gasteiger partial charge in [-0.2, -0.15) is 0 Å². The van der Waals surface area contributed by atoms with Gasteiger partial charge in [0.15, 0.2) is 0 Å². The molecule has 114 valence electrons. The molecule has 2 aliphatic rings. The van der Waals surface area contributed by atoms with E-state index in [0.717, 1.165) is 17.6 Å². The maximum atomic E-state index is 6.10. The molecule has 0 spiro atoms. The first-order valence-corrected chi connectivity index (χ1v) is 7.46. The average molecular weight is 290 g/mol. The summed E-state index contributed by atoms with van der Waals surface area (Å²) in [4.78, 5) is 0. The van der Waals surface area contributed by atoms with Gasteiger partial charge in [0, 0.05) is 13.5 Å². The number of fused-ring (bicyclic) bond motifs is 1. The smallest absolute Gasteiger partial charge is 0.487 e. The molecule has 4 nitrogen and oxygen atoms in total. The van der Waals surface area contributed by atoms with E-state index in [9.17, 15) is 0 Å². The third kappa shape index (κ3) is 2.58. The van der Waals surface area contributed by atoms with Crippen LogP contribution in [0, 0.1) is 0 Å². The van der Waals surface area contributed by atoms with Crippen molar-refractivity contribution in [3.63, 3.8) is 0 Å². The average Bonchev–Trinajstić information content (AvgIpc) is 2.87. The fourth-order valence-electron chi connectivity index (χ4n) is 2.74. The molecule has 2 heterocycles. The predicted molar refractivity (Wildman–Crippen MR) is 82.2 cm³/mol. The Kier molecular flexibility index (Phi) is 3.55. The summed E-state index contributed by atoms with van der Waals surface area (Å²) in [7, 11) is 1.38. The minimum atomic E-state index is -0.318. The summed E-state index contributed by atoms with van der Waals surface area (Å²) in [6.07, 6.45) is 0.981. The lowest BCUT2D eigenvalue weighted by Gasteiger charge is -2.32. The highest BCUT2D eigenvalue weighted by atomic mass is 16.7. The molecular formula is C16H23BO4. The monoisotopic (exact) mass is 290 g/mol. The second-order valence-electron chi connectivity index (χ2n) is 6.85. The van der Waals surface area contributed by atoms with E-state index in [4.69, 9.17) is 18.8 Å². The van der Waals surface area contributed by atoms with Gasteiger partial charge in [-0.25, -0.2) is 0 Å². The molecule has 0 aliphatic carbocycles. The van der Waals surface area contributed by atoms with Crippen LogP contribution in [-0.2, 0) is 20.5 Å². The standard InChI is InChI=1S/C16H23BO4/c1-15(2)16(3,4)21-17(20-15)12-6-7-14-11(8-12)9-13(19-14)10-18-5/h6-8,13H,9-10H2,1-5H3. The van der Waals surface area contributed by atoms with E-state index in [1.807, 2.05) is 12.1 Å². The second kappa shape index (κ2) is 5.01. The third-order valence-electron chi connectivity index (χ3n) is 4.70. The van der Waals surface area contributed by atoms with E-state index in [-0.39, 0.29) is 24.4 Å². The van der Waals surface area contributed by atoms with E-state index in [1.165, 1.54) is 5.56 Å². The minimum Gasteiger partial charge on any atom is -0.487 e. The van der Waals surface area contributed by atoms with Crippen LogP contribution in [0.15, 0.2) is 18.2 Å². The number of hydrogen-bond acceptors (Lipinski definition) is 4. The van der Waals surface area contributed by atoms with E-state index in [1.54, 1.807) is 7.11 Å². The molecule has 21 heavy (non-hydrogen) atoms. The highest BCUT2D eigenvalue weighted by Gasteiger charge is 2.51. The minimum absolute atomic E-state index is 0.110. The zero-order valence-electron chi connectivity index (χ0n) is 13.4. The largest absolute Gasteiger partial charge is 0.494 e. The van der Waals surface area contributed by atoms with E-state index in [0.29, 0.717) is 6.61 Å². The Balaban J connectivity index is 1.80. The van der Waals surface area contributed by atoms with Gasteiger partial charge in [-0.15, -0.1) is 0 Å². The van der Waals surface area contributed by atoms with Gasteiger partial charge < -0.3 is 18.8 Å². The fraction of sp³-hybridized carbons (Fsp3) is 0.625. The van der Waals surface area contributed by atoms with Crippen LogP contribution in [0.25, 0.3) is 0 Å². The first kappa shape index (κ1) is 14.9. The molecule has 0 radical (unpaired) electrons. The van der Waals surface area contributed by atoms with Gasteiger partial charge in [-0.3, -0.25) is 0 Å². The molecule has 1 unspecified atom stereocenters. The zero-order chi connectivity index (χ0) is 15.3. The molecule has 3 rings (SSSR count). The molecule has 1 aromatic carbocycles. The number of benzene rings is 1. The van der Waals surface area contributed by atoms with Gasteiger partial charge >= 0.3 is 7.12 Å². The second-order valence-corrected chi connectivity index (χ2v) is 6.85. The van der Waals surface area contributed by atoms with Crippen molar-refractivity contribution in [2.45, 2.75) is 51.4 Å². The molecule has 0 amide bonds. The molecule has 1 aromatic rings. The van der Waals surface area contributed by atoms with Gasteiger partial charge in [0.2, 0.25) is 0 Å². The Morgan fingerprint density at radius 1 is 1.19 bits per heavy atom. The van der Waals surface area contributed by atoms with Crippen LogP contribution in [0.5, 0.6) is 5.75 Å². The van der Waals surface area contributed by atoms with Gasteiger partial charge in [-0.05, 0) is 44.8 Å². The first-order chi connectivity index (χ1) is 9.82. The highest BCUT2D eigenvalue weighted by molar-refractivity contribution is 6.62. The summed E-state index contributed by atoms with van der Waals surface area (Å²) >= 11 is 0. The van der Waals surface area contributed by atoms with Crippen LogP contribution in [0.2, 0.25) is 0 Å². The normalized spacial score (nSPS) is 25.8. The molecule has 1 fully saturated rings. The van der Waals surface area contributed by atoms with Crippen molar-refractivity contribution in [2.75, 3.05) is 13.7 Å². The van der Waals surface area contributed by atoms with Gasteiger partial charge in [0.1, 0.15) is 11.9 Å². The maximum absolute atomic E-state index is 6.10. The van der Waals surface area contributed by atoms with Gasteiger partial charge in [0.05, 0.1) is 17.8 Å². The summed E-state index contributed by atoms with van der Waals surface area (Å²) < 4.78 is 23.2. The molecule has 0 bridgehead atoms. The van der Waals surface area contributed by atoms with Crippen molar-refractivity contribution in [3.05, 3.63) is 23.8 Å². The summed E-state index contributed by atoms with van der Waals surface area (Å²) in [6.45, 7) is 8.88. The fourth-order valence-corrected chi connectivity index (χ4v) is 2.74. The zero-order valence-corrected chi connectivity index (χ0v) is 13.4.